The number of hydrogen-bond donors (Lipinski definition) is 0. The summed E-state index contributed by atoms with van der Waals surface area (Å²) in [5, 5.41) is 0. The average molecular weight is 404 g/mol. The number of thiazole rings is 1. The number of benzene rings is 1. The normalized spacial score (nSPS) is 15.5. The third-order valence-electron chi connectivity index (χ3n) is 4.85. The number of aromatic nitrogens is 1. The zero-order chi connectivity index (χ0) is 20.1. The van der Waals surface area contributed by atoms with Gasteiger partial charge in [-0.1, -0.05) is 26.8 Å². The SMILES string of the molecule is COc1cccc(OCCN2CCN(C(=O)c3scnc3C(C)(C)C)CC2)c1. The van der Waals surface area contributed by atoms with Gasteiger partial charge in [0, 0.05) is 44.2 Å². The molecule has 28 heavy (non-hydrogen) atoms. The van der Waals surface area contributed by atoms with E-state index in [1.54, 1.807) is 12.6 Å². The van der Waals surface area contributed by atoms with E-state index >= 15 is 0 Å². The molecule has 1 aromatic carbocycles. The first-order valence-corrected chi connectivity index (χ1v) is 10.5. The van der Waals surface area contributed by atoms with Crippen molar-refractivity contribution in [1.82, 2.24) is 14.8 Å². The largest absolute Gasteiger partial charge is 0.497 e. The van der Waals surface area contributed by atoms with E-state index in [0.717, 1.165) is 54.8 Å². The molecule has 0 radical (unpaired) electrons. The fourth-order valence-electron chi connectivity index (χ4n) is 3.23. The van der Waals surface area contributed by atoms with Crippen LogP contribution in [-0.2, 0) is 5.41 Å². The molecule has 3 rings (SSSR count). The molecule has 1 aliphatic heterocycles. The minimum atomic E-state index is -0.121. The molecule has 1 fully saturated rings. The smallest absolute Gasteiger partial charge is 0.265 e. The summed E-state index contributed by atoms with van der Waals surface area (Å²) in [7, 11) is 1.65. The van der Waals surface area contributed by atoms with Gasteiger partial charge in [-0.15, -0.1) is 11.3 Å². The zero-order valence-electron chi connectivity index (χ0n) is 17.1. The highest BCUT2D eigenvalue weighted by Gasteiger charge is 2.29. The first-order valence-electron chi connectivity index (χ1n) is 9.61. The molecular formula is C21H29N3O3S. The molecule has 1 aromatic heterocycles. The van der Waals surface area contributed by atoms with Crippen LogP contribution in [0.15, 0.2) is 29.8 Å². The van der Waals surface area contributed by atoms with Gasteiger partial charge in [0.25, 0.3) is 5.91 Å². The van der Waals surface area contributed by atoms with Gasteiger partial charge in [-0.3, -0.25) is 9.69 Å². The molecular weight excluding hydrogens is 374 g/mol. The van der Waals surface area contributed by atoms with Crippen molar-refractivity contribution in [2.75, 3.05) is 46.4 Å². The maximum absolute atomic E-state index is 12.9. The van der Waals surface area contributed by atoms with E-state index in [4.69, 9.17) is 9.47 Å². The van der Waals surface area contributed by atoms with Crippen molar-refractivity contribution >= 4 is 17.2 Å². The topological polar surface area (TPSA) is 54.9 Å². The van der Waals surface area contributed by atoms with Crippen molar-refractivity contribution in [3.8, 4) is 11.5 Å². The highest BCUT2D eigenvalue weighted by atomic mass is 32.1. The standard InChI is InChI=1S/C21H29N3O3S/c1-21(2,3)19-18(28-15-22-19)20(25)24-10-8-23(9-11-24)12-13-27-17-7-5-6-16(14-17)26-4/h5-7,14-15H,8-13H2,1-4H3. The van der Waals surface area contributed by atoms with Gasteiger partial charge in [-0.25, -0.2) is 4.98 Å². The van der Waals surface area contributed by atoms with Crippen LogP contribution >= 0.6 is 11.3 Å². The lowest BCUT2D eigenvalue weighted by molar-refractivity contribution is 0.0622. The molecule has 152 valence electrons. The fourth-order valence-corrected chi connectivity index (χ4v) is 4.20. The predicted molar refractivity (Wildman–Crippen MR) is 112 cm³/mol. The summed E-state index contributed by atoms with van der Waals surface area (Å²) >= 11 is 1.45. The van der Waals surface area contributed by atoms with Gasteiger partial charge in [0.15, 0.2) is 0 Å². The van der Waals surface area contributed by atoms with Gasteiger partial charge in [-0.05, 0) is 12.1 Å². The highest BCUT2D eigenvalue weighted by Crippen LogP contribution is 2.28. The number of carbonyl (C=O) groups is 1. The molecule has 0 N–H and O–H groups in total. The van der Waals surface area contributed by atoms with E-state index < -0.39 is 0 Å². The van der Waals surface area contributed by atoms with Crippen LogP contribution in [0.1, 0.15) is 36.1 Å². The maximum Gasteiger partial charge on any atom is 0.265 e. The third kappa shape index (κ3) is 5.02. The molecule has 0 atom stereocenters. The second-order valence-corrected chi connectivity index (χ2v) is 8.80. The van der Waals surface area contributed by atoms with Crippen LogP contribution in [0.25, 0.3) is 0 Å². The first kappa shape index (κ1) is 20.6. The Kier molecular flexibility index (Phi) is 6.57. The quantitative estimate of drug-likeness (QED) is 0.741. The number of methoxy groups -OCH3 is 1. The lowest BCUT2D eigenvalue weighted by Gasteiger charge is -2.34. The summed E-state index contributed by atoms with van der Waals surface area (Å²) < 4.78 is 11.0. The summed E-state index contributed by atoms with van der Waals surface area (Å²) in [6.45, 7) is 10.9. The van der Waals surface area contributed by atoms with Crippen molar-refractivity contribution in [3.05, 3.63) is 40.3 Å². The van der Waals surface area contributed by atoms with Crippen LogP contribution in [0.3, 0.4) is 0 Å². The molecule has 0 saturated carbocycles. The van der Waals surface area contributed by atoms with Gasteiger partial charge < -0.3 is 14.4 Å². The van der Waals surface area contributed by atoms with Crippen LogP contribution in [0.2, 0.25) is 0 Å². The van der Waals surface area contributed by atoms with Gasteiger partial charge in [0.2, 0.25) is 0 Å². The minimum absolute atomic E-state index is 0.111. The number of amides is 1. The molecule has 2 heterocycles. The van der Waals surface area contributed by atoms with Crippen LogP contribution in [0.4, 0.5) is 0 Å². The van der Waals surface area contributed by atoms with Gasteiger partial charge >= 0.3 is 0 Å². The number of ether oxygens (including phenoxy) is 2. The Balaban J connectivity index is 1.47. The number of nitrogens with zero attached hydrogens (tertiary/aromatic N) is 3. The first-order chi connectivity index (χ1) is 13.4. The lowest BCUT2D eigenvalue weighted by Crippen LogP contribution is -2.49. The Morgan fingerprint density at radius 2 is 1.89 bits per heavy atom. The fraction of sp³-hybridized carbons (Fsp3) is 0.524. The number of carbonyl (C=O) groups excluding carboxylic acids is 1. The summed E-state index contributed by atoms with van der Waals surface area (Å²) in [6, 6.07) is 7.64. The number of rotatable bonds is 6. The second kappa shape index (κ2) is 8.92. The van der Waals surface area contributed by atoms with Crippen molar-refractivity contribution in [1.29, 1.82) is 0 Å². The highest BCUT2D eigenvalue weighted by molar-refractivity contribution is 7.11. The van der Waals surface area contributed by atoms with Crippen molar-refractivity contribution < 1.29 is 14.3 Å². The predicted octanol–water partition coefficient (Wildman–Crippen LogP) is 3.29. The Labute approximate surface area is 171 Å². The van der Waals surface area contributed by atoms with E-state index in [1.807, 2.05) is 29.2 Å². The monoisotopic (exact) mass is 403 g/mol. The van der Waals surface area contributed by atoms with Crippen molar-refractivity contribution in [2.24, 2.45) is 0 Å². The van der Waals surface area contributed by atoms with Crippen LogP contribution in [0, 0.1) is 0 Å². The van der Waals surface area contributed by atoms with Gasteiger partial charge in [0.1, 0.15) is 23.0 Å². The van der Waals surface area contributed by atoms with E-state index in [0.29, 0.717) is 6.61 Å². The molecule has 0 bridgehead atoms. The Bertz CT molecular complexity index is 792. The van der Waals surface area contributed by atoms with Crippen LogP contribution < -0.4 is 9.47 Å². The summed E-state index contributed by atoms with van der Waals surface area (Å²) in [6.07, 6.45) is 0. The third-order valence-corrected chi connectivity index (χ3v) is 5.66. The van der Waals surface area contributed by atoms with Gasteiger partial charge in [-0.2, -0.15) is 0 Å². The maximum atomic E-state index is 12.9. The number of hydrogen-bond acceptors (Lipinski definition) is 6. The van der Waals surface area contributed by atoms with E-state index in [2.05, 4.69) is 30.7 Å². The van der Waals surface area contributed by atoms with E-state index in [9.17, 15) is 4.79 Å². The van der Waals surface area contributed by atoms with E-state index in [-0.39, 0.29) is 11.3 Å². The molecule has 2 aromatic rings. The molecule has 1 amide bonds. The Morgan fingerprint density at radius 1 is 1.18 bits per heavy atom. The Hall–Kier alpha value is -2.12. The molecule has 1 aliphatic rings. The molecule has 0 aliphatic carbocycles. The van der Waals surface area contributed by atoms with Crippen molar-refractivity contribution in [2.45, 2.75) is 26.2 Å². The molecule has 6 nitrogen and oxygen atoms in total. The molecule has 0 unspecified atom stereocenters. The molecule has 1 saturated heterocycles. The molecule has 7 heteroatoms. The lowest BCUT2D eigenvalue weighted by atomic mass is 9.91. The zero-order valence-corrected chi connectivity index (χ0v) is 17.9. The molecule has 0 spiro atoms. The second-order valence-electron chi connectivity index (χ2n) is 7.94. The van der Waals surface area contributed by atoms with E-state index in [1.165, 1.54) is 11.3 Å². The summed E-state index contributed by atoms with van der Waals surface area (Å²) in [5.41, 5.74) is 2.56. The van der Waals surface area contributed by atoms with Crippen molar-refractivity contribution in [3.63, 3.8) is 0 Å². The number of piperazine rings is 1. The van der Waals surface area contributed by atoms with Crippen LogP contribution in [-0.4, -0.2) is 67.1 Å². The minimum Gasteiger partial charge on any atom is -0.497 e. The average Bonchev–Trinajstić information content (AvgIpc) is 3.19. The van der Waals surface area contributed by atoms with Crippen LogP contribution in [0.5, 0.6) is 11.5 Å². The Morgan fingerprint density at radius 3 is 2.57 bits per heavy atom. The summed E-state index contributed by atoms with van der Waals surface area (Å²) in [5.74, 6) is 1.72. The van der Waals surface area contributed by atoms with Gasteiger partial charge in [0.05, 0.1) is 18.3 Å². The summed E-state index contributed by atoms with van der Waals surface area (Å²) in [4.78, 5) is 22.4.